The van der Waals surface area contributed by atoms with Crippen LogP contribution in [0.1, 0.15) is 17.6 Å². The van der Waals surface area contributed by atoms with E-state index in [4.69, 9.17) is 8.83 Å². The van der Waals surface area contributed by atoms with Crippen molar-refractivity contribution in [3.8, 4) is 0 Å². The lowest BCUT2D eigenvalue weighted by atomic mass is 10.1. The summed E-state index contributed by atoms with van der Waals surface area (Å²) in [5.74, 6) is 0.511. The van der Waals surface area contributed by atoms with Gasteiger partial charge in [-0.05, 0) is 34.1 Å². The summed E-state index contributed by atoms with van der Waals surface area (Å²) in [5, 5.41) is 10.1. The second kappa shape index (κ2) is 4.59. The van der Waals surface area contributed by atoms with Crippen LogP contribution in [-0.2, 0) is 6.42 Å². The van der Waals surface area contributed by atoms with Crippen LogP contribution in [0.2, 0.25) is 0 Å². The van der Waals surface area contributed by atoms with E-state index >= 15 is 0 Å². The molecule has 2 heterocycles. The largest absolute Gasteiger partial charge is 0.457 e. The standard InChI is InChI=1S/C13H10BrNO3/c14-13-8(5-6-17-13)10(16)7-12-15-9-3-1-2-4-11(9)18-12/h1-6,10,16H,7H2. The lowest BCUT2D eigenvalue weighted by Gasteiger charge is -2.05. The Bertz CT molecular complexity index is 640. The Kier molecular flexibility index (Phi) is 2.93. The smallest absolute Gasteiger partial charge is 0.198 e. The Labute approximate surface area is 111 Å². The van der Waals surface area contributed by atoms with Gasteiger partial charge >= 0.3 is 0 Å². The Morgan fingerprint density at radius 2 is 2.11 bits per heavy atom. The van der Waals surface area contributed by atoms with Gasteiger partial charge < -0.3 is 13.9 Å². The number of furan rings is 1. The molecule has 3 rings (SSSR count). The van der Waals surface area contributed by atoms with E-state index in [0.717, 1.165) is 11.1 Å². The molecular formula is C13H10BrNO3. The van der Waals surface area contributed by atoms with Crippen molar-refractivity contribution in [2.75, 3.05) is 0 Å². The highest BCUT2D eigenvalue weighted by molar-refractivity contribution is 9.10. The normalized spacial score (nSPS) is 13.0. The monoisotopic (exact) mass is 307 g/mol. The number of aromatic nitrogens is 1. The summed E-state index contributed by atoms with van der Waals surface area (Å²) in [6.45, 7) is 0. The molecule has 0 amide bonds. The van der Waals surface area contributed by atoms with Crippen molar-refractivity contribution in [3.05, 3.63) is 52.7 Å². The molecule has 0 fully saturated rings. The molecular weight excluding hydrogens is 298 g/mol. The zero-order valence-electron chi connectivity index (χ0n) is 9.34. The van der Waals surface area contributed by atoms with Crippen LogP contribution in [0.4, 0.5) is 0 Å². The fourth-order valence-electron chi connectivity index (χ4n) is 1.83. The first-order valence-electron chi connectivity index (χ1n) is 5.49. The first-order valence-corrected chi connectivity index (χ1v) is 6.29. The Hall–Kier alpha value is -1.59. The molecule has 0 saturated carbocycles. The van der Waals surface area contributed by atoms with Crippen molar-refractivity contribution in [2.45, 2.75) is 12.5 Å². The first kappa shape index (κ1) is 11.5. The minimum absolute atomic E-state index is 0.312. The van der Waals surface area contributed by atoms with Crippen molar-refractivity contribution < 1.29 is 13.9 Å². The van der Waals surface area contributed by atoms with Gasteiger partial charge in [0.15, 0.2) is 16.1 Å². The topological polar surface area (TPSA) is 59.4 Å². The highest BCUT2D eigenvalue weighted by Gasteiger charge is 2.17. The zero-order chi connectivity index (χ0) is 12.5. The molecule has 0 aliphatic heterocycles. The molecule has 92 valence electrons. The van der Waals surface area contributed by atoms with Crippen LogP contribution in [-0.4, -0.2) is 10.1 Å². The van der Waals surface area contributed by atoms with E-state index in [1.165, 1.54) is 6.26 Å². The minimum Gasteiger partial charge on any atom is -0.457 e. The molecule has 1 aromatic carbocycles. The van der Waals surface area contributed by atoms with E-state index in [1.807, 2.05) is 24.3 Å². The Morgan fingerprint density at radius 1 is 1.28 bits per heavy atom. The second-order valence-electron chi connectivity index (χ2n) is 3.94. The molecule has 0 spiro atoms. The van der Waals surface area contributed by atoms with E-state index in [0.29, 0.717) is 22.5 Å². The number of fused-ring (bicyclic) bond motifs is 1. The van der Waals surface area contributed by atoms with Gasteiger partial charge in [-0.2, -0.15) is 0 Å². The SMILES string of the molecule is OC(Cc1nc2ccccc2o1)c1ccoc1Br. The molecule has 0 aliphatic rings. The Morgan fingerprint density at radius 3 is 2.83 bits per heavy atom. The molecule has 4 nitrogen and oxygen atoms in total. The molecule has 0 saturated heterocycles. The van der Waals surface area contributed by atoms with E-state index in [2.05, 4.69) is 20.9 Å². The molecule has 1 N–H and O–H groups in total. The molecule has 5 heteroatoms. The number of hydrogen-bond donors (Lipinski definition) is 1. The van der Waals surface area contributed by atoms with Crippen LogP contribution in [0.3, 0.4) is 0 Å². The molecule has 1 atom stereocenters. The Balaban J connectivity index is 1.86. The van der Waals surface area contributed by atoms with E-state index < -0.39 is 6.10 Å². The lowest BCUT2D eigenvalue weighted by molar-refractivity contribution is 0.167. The van der Waals surface area contributed by atoms with Gasteiger partial charge in [0.25, 0.3) is 0 Å². The van der Waals surface area contributed by atoms with Gasteiger partial charge in [0.2, 0.25) is 0 Å². The van der Waals surface area contributed by atoms with Crippen molar-refractivity contribution in [1.29, 1.82) is 0 Å². The van der Waals surface area contributed by atoms with Crippen LogP contribution < -0.4 is 0 Å². The van der Waals surface area contributed by atoms with Crippen LogP contribution >= 0.6 is 15.9 Å². The van der Waals surface area contributed by atoms with Crippen LogP contribution in [0.15, 0.2) is 50.1 Å². The number of hydrogen-bond acceptors (Lipinski definition) is 4. The van der Waals surface area contributed by atoms with E-state index in [-0.39, 0.29) is 0 Å². The maximum atomic E-state index is 10.1. The molecule has 0 radical (unpaired) electrons. The third-order valence-electron chi connectivity index (χ3n) is 2.71. The fourth-order valence-corrected chi connectivity index (χ4v) is 2.33. The summed E-state index contributed by atoms with van der Waals surface area (Å²) >= 11 is 3.24. The van der Waals surface area contributed by atoms with Gasteiger partial charge in [-0.3, -0.25) is 0 Å². The summed E-state index contributed by atoms with van der Waals surface area (Å²) in [5.41, 5.74) is 2.22. The van der Waals surface area contributed by atoms with Crippen molar-refractivity contribution in [2.24, 2.45) is 0 Å². The predicted octanol–water partition coefficient (Wildman–Crippen LogP) is 3.46. The van der Waals surface area contributed by atoms with Gasteiger partial charge in [-0.1, -0.05) is 12.1 Å². The number of aliphatic hydroxyl groups excluding tert-OH is 1. The average Bonchev–Trinajstić information content (AvgIpc) is 2.94. The lowest BCUT2D eigenvalue weighted by Crippen LogP contribution is -2.01. The molecule has 1 unspecified atom stereocenters. The number of nitrogens with zero attached hydrogens (tertiary/aromatic N) is 1. The summed E-state index contributed by atoms with van der Waals surface area (Å²) in [7, 11) is 0. The third-order valence-corrected chi connectivity index (χ3v) is 3.36. The average molecular weight is 308 g/mol. The maximum Gasteiger partial charge on any atom is 0.198 e. The maximum absolute atomic E-state index is 10.1. The zero-order valence-corrected chi connectivity index (χ0v) is 10.9. The number of rotatable bonds is 3. The van der Waals surface area contributed by atoms with Crippen LogP contribution in [0.5, 0.6) is 0 Å². The quantitative estimate of drug-likeness (QED) is 0.805. The third kappa shape index (κ3) is 2.07. The summed E-state index contributed by atoms with van der Waals surface area (Å²) < 4.78 is 11.2. The highest BCUT2D eigenvalue weighted by atomic mass is 79.9. The highest BCUT2D eigenvalue weighted by Crippen LogP contribution is 2.27. The summed E-state index contributed by atoms with van der Waals surface area (Å²) in [6.07, 6.45) is 1.13. The van der Waals surface area contributed by atoms with Crippen molar-refractivity contribution in [3.63, 3.8) is 0 Å². The van der Waals surface area contributed by atoms with Crippen molar-refractivity contribution >= 4 is 27.0 Å². The van der Waals surface area contributed by atoms with Crippen molar-refractivity contribution in [1.82, 2.24) is 4.98 Å². The number of halogens is 1. The minimum atomic E-state index is -0.703. The van der Waals surface area contributed by atoms with Gasteiger partial charge in [-0.15, -0.1) is 0 Å². The summed E-state index contributed by atoms with van der Waals surface area (Å²) in [4.78, 5) is 4.32. The molecule has 0 bridgehead atoms. The first-order chi connectivity index (χ1) is 8.74. The second-order valence-corrected chi connectivity index (χ2v) is 4.67. The van der Waals surface area contributed by atoms with E-state index in [9.17, 15) is 5.11 Å². The number of oxazole rings is 1. The number of benzene rings is 1. The molecule has 18 heavy (non-hydrogen) atoms. The molecule has 2 aromatic heterocycles. The molecule has 0 aliphatic carbocycles. The summed E-state index contributed by atoms with van der Waals surface area (Å²) in [6, 6.07) is 9.24. The van der Waals surface area contributed by atoms with Gasteiger partial charge in [0, 0.05) is 5.56 Å². The van der Waals surface area contributed by atoms with Gasteiger partial charge in [0.1, 0.15) is 5.52 Å². The number of aliphatic hydroxyl groups is 1. The van der Waals surface area contributed by atoms with Gasteiger partial charge in [-0.25, -0.2) is 4.98 Å². The van der Waals surface area contributed by atoms with Crippen LogP contribution in [0.25, 0.3) is 11.1 Å². The predicted molar refractivity (Wildman–Crippen MR) is 69.1 cm³/mol. The van der Waals surface area contributed by atoms with Crippen LogP contribution in [0, 0.1) is 0 Å². The van der Waals surface area contributed by atoms with Gasteiger partial charge in [0.05, 0.1) is 18.8 Å². The van der Waals surface area contributed by atoms with E-state index in [1.54, 1.807) is 6.07 Å². The fraction of sp³-hybridized carbons (Fsp3) is 0.154. The number of para-hydroxylation sites is 2. The molecule has 3 aromatic rings.